The molecule has 0 aliphatic carbocycles. The standard InChI is InChI=1S/C15H26N4O2/c1-5-7-16-14-9-13(19(20)21)10-15(18-14)17-12(4)8-11(3)6-2/h9-12H,5-8H2,1-4H3,(H2,16,17,18). The number of anilines is 2. The molecular weight excluding hydrogens is 268 g/mol. The van der Waals surface area contributed by atoms with Gasteiger partial charge in [-0.25, -0.2) is 4.98 Å². The number of nitro groups is 1. The van der Waals surface area contributed by atoms with Gasteiger partial charge < -0.3 is 10.6 Å². The summed E-state index contributed by atoms with van der Waals surface area (Å²) in [6, 6.07) is 3.19. The molecule has 2 unspecified atom stereocenters. The van der Waals surface area contributed by atoms with E-state index in [0.29, 0.717) is 17.6 Å². The van der Waals surface area contributed by atoms with Crippen molar-refractivity contribution in [1.29, 1.82) is 0 Å². The zero-order chi connectivity index (χ0) is 15.8. The van der Waals surface area contributed by atoms with Crippen molar-refractivity contribution in [3.63, 3.8) is 0 Å². The third-order valence-electron chi connectivity index (χ3n) is 3.42. The maximum atomic E-state index is 11.0. The van der Waals surface area contributed by atoms with Gasteiger partial charge in [-0.15, -0.1) is 0 Å². The first-order chi connectivity index (χ1) is 9.96. The summed E-state index contributed by atoms with van der Waals surface area (Å²) in [7, 11) is 0. The van der Waals surface area contributed by atoms with Gasteiger partial charge in [0.2, 0.25) is 0 Å². The van der Waals surface area contributed by atoms with Crippen LogP contribution >= 0.6 is 0 Å². The number of hydrogen-bond acceptors (Lipinski definition) is 5. The number of nitrogens with zero attached hydrogens (tertiary/aromatic N) is 2. The van der Waals surface area contributed by atoms with Gasteiger partial charge in [-0.3, -0.25) is 10.1 Å². The molecule has 1 rings (SSSR count). The topological polar surface area (TPSA) is 80.1 Å². The molecule has 0 saturated heterocycles. The summed E-state index contributed by atoms with van der Waals surface area (Å²) in [5, 5.41) is 17.4. The van der Waals surface area contributed by atoms with Gasteiger partial charge in [0.25, 0.3) is 5.69 Å². The SMILES string of the molecule is CCCNc1cc([N+](=O)[O-])cc(NC(C)CC(C)CC)n1. The average molecular weight is 294 g/mol. The predicted octanol–water partition coefficient (Wildman–Crippen LogP) is 4.05. The van der Waals surface area contributed by atoms with Gasteiger partial charge in [-0.1, -0.05) is 27.2 Å². The summed E-state index contributed by atoms with van der Waals surface area (Å²) in [6.45, 7) is 9.22. The number of pyridine rings is 1. The molecule has 2 N–H and O–H groups in total. The Bertz CT molecular complexity index is 465. The lowest BCUT2D eigenvalue weighted by Crippen LogP contribution is -2.19. The molecule has 1 aromatic rings. The molecule has 0 amide bonds. The number of hydrogen-bond donors (Lipinski definition) is 2. The number of rotatable bonds is 9. The lowest BCUT2D eigenvalue weighted by Gasteiger charge is -2.18. The van der Waals surface area contributed by atoms with Crippen molar-refractivity contribution < 1.29 is 4.92 Å². The van der Waals surface area contributed by atoms with Crippen LogP contribution in [0.2, 0.25) is 0 Å². The van der Waals surface area contributed by atoms with Crippen molar-refractivity contribution in [3.8, 4) is 0 Å². The summed E-state index contributed by atoms with van der Waals surface area (Å²) in [5.74, 6) is 1.71. The van der Waals surface area contributed by atoms with E-state index < -0.39 is 0 Å². The summed E-state index contributed by atoms with van der Waals surface area (Å²) in [4.78, 5) is 15.0. The predicted molar refractivity (Wildman–Crippen MR) is 86.8 cm³/mol. The maximum absolute atomic E-state index is 11.0. The van der Waals surface area contributed by atoms with E-state index in [1.54, 1.807) is 0 Å². The smallest absolute Gasteiger partial charge is 0.276 e. The Morgan fingerprint density at radius 2 is 1.95 bits per heavy atom. The molecule has 0 aliphatic heterocycles. The van der Waals surface area contributed by atoms with Crippen molar-refractivity contribution in [3.05, 3.63) is 22.2 Å². The van der Waals surface area contributed by atoms with Gasteiger partial charge in [0, 0.05) is 12.6 Å². The molecule has 0 saturated carbocycles. The largest absolute Gasteiger partial charge is 0.370 e. The van der Waals surface area contributed by atoms with Gasteiger partial charge in [0.15, 0.2) is 0 Å². The third kappa shape index (κ3) is 5.97. The van der Waals surface area contributed by atoms with E-state index in [2.05, 4.69) is 36.4 Å². The molecule has 0 aromatic carbocycles. The fourth-order valence-electron chi connectivity index (χ4n) is 2.12. The van der Waals surface area contributed by atoms with E-state index in [1.807, 2.05) is 6.92 Å². The van der Waals surface area contributed by atoms with Crippen LogP contribution in [0.5, 0.6) is 0 Å². The first kappa shape index (κ1) is 17.2. The van der Waals surface area contributed by atoms with E-state index in [1.165, 1.54) is 12.1 Å². The second-order valence-electron chi connectivity index (χ2n) is 5.57. The molecule has 6 nitrogen and oxygen atoms in total. The van der Waals surface area contributed by atoms with Crippen molar-refractivity contribution >= 4 is 17.3 Å². The first-order valence-corrected chi connectivity index (χ1v) is 7.63. The molecule has 21 heavy (non-hydrogen) atoms. The normalized spacial score (nSPS) is 13.5. The van der Waals surface area contributed by atoms with Gasteiger partial charge in [-0.05, 0) is 25.7 Å². The Hall–Kier alpha value is -1.85. The molecule has 118 valence electrons. The van der Waals surface area contributed by atoms with Crippen LogP contribution in [-0.4, -0.2) is 22.5 Å². The van der Waals surface area contributed by atoms with Gasteiger partial charge >= 0.3 is 0 Å². The molecule has 0 fully saturated rings. The van der Waals surface area contributed by atoms with Gasteiger partial charge in [0.1, 0.15) is 11.6 Å². The molecule has 1 heterocycles. The summed E-state index contributed by atoms with van der Waals surface area (Å²) in [6.07, 6.45) is 3.08. The van der Waals surface area contributed by atoms with E-state index >= 15 is 0 Å². The van der Waals surface area contributed by atoms with Gasteiger partial charge in [-0.2, -0.15) is 0 Å². The van der Waals surface area contributed by atoms with E-state index in [-0.39, 0.29) is 16.7 Å². The summed E-state index contributed by atoms with van der Waals surface area (Å²) in [5.41, 5.74) is 0.0573. The highest BCUT2D eigenvalue weighted by molar-refractivity contribution is 5.54. The second kappa shape index (κ2) is 8.44. The maximum Gasteiger partial charge on any atom is 0.276 e. The average Bonchev–Trinajstić information content (AvgIpc) is 2.44. The molecule has 6 heteroatoms. The van der Waals surface area contributed by atoms with Crippen molar-refractivity contribution in [1.82, 2.24) is 4.98 Å². The summed E-state index contributed by atoms with van der Waals surface area (Å²) < 4.78 is 0. The van der Waals surface area contributed by atoms with Crippen molar-refractivity contribution in [2.75, 3.05) is 17.2 Å². The third-order valence-corrected chi connectivity index (χ3v) is 3.42. The Kier molecular flexibility index (Phi) is 6.91. The quantitative estimate of drug-likeness (QED) is 0.530. The molecule has 2 atom stereocenters. The lowest BCUT2D eigenvalue weighted by atomic mass is 10.0. The first-order valence-electron chi connectivity index (χ1n) is 7.63. The fraction of sp³-hybridized carbons (Fsp3) is 0.667. The van der Waals surface area contributed by atoms with Crippen molar-refractivity contribution in [2.45, 2.75) is 53.0 Å². The zero-order valence-electron chi connectivity index (χ0n) is 13.3. The van der Waals surface area contributed by atoms with Crippen LogP contribution < -0.4 is 10.6 Å². The molecule has 0 bridgehead atoms. The highest BCUT2D eigenvalue weighted by Gasteiger charge is 2.13. The minimum Gasteiger partial charge on any atom is -0.370 e. The highest BCUT2D eigenvalue weighted by Crippen LogP contribution is 2.22. The Balaban J connectivity index is 2.84. The Morgan fingerprint density at radius 3 is 2.52 bits per heavy atom. The zero-order valence-corrected chi connectivity index (χ0v) is 13.3. The van der Waals surface area contributed by atoms with Crippen LogP contribution in [0, 0.1) is 16.0 Å². The van der Waals surface area contributed by atoms with E-state index in [0.717, 1.165) is 25.8 Å². The Morgan fingerprint density at radius 1 is 1.29 bits per heavy atom. The molecule has 0 aliphatic rings. The fourth-order valence-corrected chi connectivity index (χ4v) is 2.12. The van der Waals surface area contributed by atoms with E-state index in [4.69, 9.17) is 0 Å². The minimum atomic E-state index is -0.386. The van der Waals surface area contributed by atoms with Crippen LogP contribution in [0.3, 0.4) is 0 Å². The molecule has 0 radical (unpaired) electrons. The molecule has 0 spiro atoms. The van der Waals surface area contributed by atoms with Crippen LogP contribution in [-0.2, 0) is 0 Å². The molecular formula is C15H26N4O2. The van der Waals surface area contributed by atoms with Crippen LogP contribution in [0.4, 0.5) is 17.3 Å². The monoisotopic (exact) mass is 294 g/mol. The second-order valence-corrected chi connectivity index (χ2v) is 5.57. The van der Waals surface area contributed by atoms with Crippen LogP contribution in [0.1, 0.15) is 47.0 Å². The summed E-state index contributed by atoms with van der Waals surface area (Å²) >= 11 is 0. The van der Waals surface area contributed by atoms with Crippen molar-refractivity contribution in [2.24, 2.45) is 5.92 Å². The van der Waals surface area contributed by atoms with Crippen LogP contribution in [0.25, 0.3) is 0 Å². The van der Waals surface area contributed by atoms with Crippen LogP contribution in [0.15, 0.2) is 12.1 Å². The van der Waals surface area contributed by atoms with Gasteiger partial charge in [0.05, 0.1) is 17.1 Å². The minimum absolute atomic E-state index is 0.0573. The Labute approximate surface area is 126 Å². The number of nitrogens with one attached hydrogen (secondary N) is 2. The molecule has 1 aromatic heterocycles. The number of aromatic nitrogens is 1. The highest BCUT2D eigenvalue weighted by atomic mass is 16.6. The van der Waals surface area contributed by atoms with E-state index in [9.17, 15) is 10.1 Å². The lowest BCUT2D eigenvalue weighted by molar-refractivity contribution is -0.384.